The Labute approximate surface area is 105 Å². The van der Waals surface area contributed by atoms with Crippen molar-refractivity contribution in [2.45, 2.75) is 18.9 Å². The van der Waals surface area contributed by atoms with Crippen LogP contribution in [0.25, 0.3) is 0 Å². The second-order valence-electron chi connectivity index (χ2n) is 3.37. The maximum absolute atomic E-state index is 5.90. The van der Waals surface area contributed by atoms with E-state index in [9.17, 15) is 0 Å². The average molecular weight is 289 g/mol. The van der Waals surface area contributed by atoms with Gasteiger partial charge in [0.2, 0.25) is 0 Å². The highest BCUT2D eigenvalue weighted by molar-refractivity contribution is 9.10. The lowest BCUT2D eigenvalue weighted by Gasteiger charge is -2.17. The van der Waals surface area contributed by atoms with E-state index in [0.717, 1.165) is 22.3 Å². The molecule has 0 amide bonds. The smallest absolute Gasteiger partial charge is 0.0417 e. The lowest BCUT2D eigenvalue weighted by atomic mass is 10.0. The number of nitrogens with one attached hydrogen (secondary N) is 1. The highest BCUT2D eigenvalue weighted by Gasteiger charge is 2.11. The van der Waals surface area contributed by atoms with E-state index in [1.165, 1.54) is 5.56 Å². The Bertz CT molecular complexity index is 338. The van der Waals surface area contributed by atoms with E-state index in [-0.39, 0.29) is 0 Å². The largest absolute Gasteiger partial charge is 0.313 e. The summed E-state index contributed by atoms with van der Waals surface area (Å²) in [5, 5.41) is 4.05. The second kappa shape index (κ2) is 6.31. The van der Waals surface area contributed by atoms with Gasteiger partial charge in [-0.1, -0.05) is 39.7 Å². The summed E-state index contributed by atoms with van der Waals surface area (Å²) in [6.45, 7) is 3.74. The minimum absolute atomic E-state index is 0.342. The normalized spacial score (nSPS) is 12.5. The summed E-state index contributed by atoms with van der Waals surface area (Å²) in [6, 6.07) is 6.24. The molecule has 0 aliphatic heterocycles. The van der Waals surface area contributed by atoms with Gasteiger partial charge in [-0.15, -0.1) is 6.58 Å². The maximum Gasteiger partial charge on any atom is 0.0417 e. The van der Waals surface area contributed by atoms with Crippen LogP contribution in [0.2, 0.25) is 5.02 Å². The highest BCUT2D eigenvalue weighted by atomic mass is 79.9. The van der Waals surface area contributed by atoms with E-state index in [4.69, 9.17) is 11.6 Å². The quantitative estimate of drug-likeness (QED) is 0.795. The molecule has 0 saturated heterocycles. The van der Waals surface area contributed by atoms with Crippen molar-refractivity contribution < 1.29 is 0 Å². The predicted octanol–water partition coefficient (Wildman–Crippen LogP) is 4.33. The molecule has 0 heterocycles. The molecule has 1 unspecified atom stereocenters. The standard InChI is InChI=1S/C12H15BrClN/c1-3-4-5-12(15-2)10-7-6-9(14)8-11(10)13/h3,6-8,12,15H,1,4-5H2,2H3. The Morgan fingerprint density at radius 1 is 1.60 bits per heavy atom. The van der Waals surface area contributed by atoms with Crippen molar-refractivity contribution in [3.05, 3.63) is 45.9 Å². The minimum Gasteiger partial charge on any atom is -0.313 e. The van der Waals surface area contributed by atoms with Crippen LogP contribution in [-0.4, -0.2) is 7.05 Å². The molecule has 1 atom stereocenters. The molecule has 0 spiro atoms. The summed E-state index contributed by atoms with van der Waals surface area (Å²) in [4.78, 5) is 0. The first-order valence-corrected chi connectivity index (χ1v) is 6.09. The Morgan fingerprint density at radius 2 is 2.33 bits per heavy atom. The van der Waals surface area contributed by atoms with E-state index in [0.29, 0.717) is 6.04 Å². The maximum atomic E-state index is 5.90. The molecule has 0 aromatic heterocycles. The molecule has 0 aliphatic carbocycles. The van der Waals surface area contributed by atoms with Gasteiger partial charge in [0.1, 0.15) is 0 Å². The molecule has 0 saturated carbocycles. The van der Waals surface area contributed by atoms with Crippen molar-refractivity contribution in [2.24, 2.45) is 0 Å². The average Bonchev–Trinajstić information content (AvgIpc) is 2.21. The molecule has 1 N–H and O–H groups in total. The molecule has 0 aliphatic rings. The van der Waals surface area contributed by atoms with Gasteiger partial charge in [0.15, 0.2) is 0 Å². The molecule has 3 heteroatoms. The van der Waals surface area contributed by atoms with Gasteiger partial charge in [-0.2, -0.15) is 0 Å². The fourth-order valence-corrected chi connectivity index (χ4v) is 2.48. The third-order valence-corrected chi connectivity index (χ3v) is 3.27. The van der Waals surface area contributed by atoms with Crippen molar-refractivity contribution >= 4 is 27.5 Å². The molecule has 0 bridgehead atoms. The molecule has 15 heavy (non-hydrogen) atoms. The van der Waals surface area contributed by atoms with E-state index in [1.807, 2.05) is 25.3 Å². The number of benzene rings is 1. The van der Waals surface area contributed by atoms with Crippen LogP contribution in [-0.2, 0) is 0 Å². The van der Waals surface area contributed by atoms with Crippen LogP contribution < -0.4 is 5.32 Å². The van der Waals surface area contributed by atoms with E-state index < -0.39 is 0 Å². The molecular formula is C12H15BrClN. The number of hydrogen-bond donors (Lipinski definition) is 1. The number of halogens is 2. The highest BCUT2D eigenvalue weighted by Crippen LogP contribution is 2.28. The third kappa shape index (κ3) is 3.63. The molecule has 1 nitrogen and oxygen atoms in total. The summed E-state index contributed by atoms with van der Waals surface area (Å²) >= 11 is 9.43. The topological polar surface area (TPSA) is 12.0 Å². The Balaban J connectivity index is 2.86. The Morgan fingerprint density at radius 3 is 2.87 bits per heavy atom. The van der Waals surface area contributed by atoms with Crippen molar-refractivity contribution in [3.8, 4) is 0 Å². The summed E-state index contributed by atoms with van der Waals surface area (Å²) in [5.74, 6) is 0. The number of hydrogen-bond acceptors (Lipinski definition) is 1. The van der Waals surface area contributed by atoms with Crippen molar-refractivity contribution in [2.75, 3.05) is 7.05 Å². The van der Waals surface area contributed by atoms with Gasteiger partial charge in [-0.3, -0.25) is 0 Å². The van der Waals surface area contributed by atoms with Crippen molar-refractivity contribution in [1.82, 2.24) is 5.32 Å². The van der Waals surface area contributed by atoms with Gasteiger partial charge in [0.05, 0.1) is 0 Å². The first-order chi connectivity index (χ1) is 7.19. The monoisotopic (exact) mass is 287 g/mol. The number of rotatable bonds is 5. The predicted molar refractivity (Wildman–Crippen MR) is 70.4 cm³/mol. The SMILES string of the molecule is C=CCCC(NC)c1ccc(Cl)cc1Br. The van der Waals surface area contributed by atoms with Crippen LogP contribution in [0, 0.1) is 0 Å². The molecule has 0 fully saturated rings. The summed E-state index contributed by atoms with van der Waals surface area (Å²) in [6.07, 6.45) is 3.98. The minimum atomic E-state index is 0.342. The summed E-state index contributed by atoms with van der Waals surface area (Å²) in [7, 11) is 1.97. The molecule has 1 aromatic carbocycles. The van der Waals surface area contributed by atoms with Gasteiger partial charge < -0.3 is 5.32 Å². The van der Waals surface area contributed by atoms with Crippen LogP contribution >= 0.6 is 27.5 Å². The van der Waals surface area contributed by atoms with Gasteiger partial charge in [0, 0.05) is 15.5 Å². The lowest BCUT2D eigenvalue weighted by Crippen LogP contribution is -2.16. The van der Waals surface area contributed by atoms with E-state index in [2.05, 4.69) is 33.9 Å². The lowest BCUT2D eigenvalue weighted by molar-refractivity contribution is 0.553. The fourth-order valence-electron chi connectivity index (χ4n) is 1.52. The first kappa shape index (κ1) is 12.8. The fraction of sp³-hybridized carbons (Fsp3) is 0.333. The summed E-state index contributed by atoms with van der Waals surface area (Å²) < 4.78 is 1.05. The molecule has 1 rings (SSSR count). The van der Waals surface area contributed by atoms with Gasteiger partial charge in [-0.25, -0.2) is 0 Å². The van der Waals surface area contributed by atoms with Crippen LogP contribution in [0.1, 0.15) is 24.4 Å². The number of allylic oxidation sites excluding steroid dienone is 1. The zero-order chi connectivity index (χ0) is 11.3. The zero-order valence-electron chi connectivity index (χ0n) is 8.76. The molecule has 1 aromatic rings. The molecular weight excluding hydrogens is 273 g/mol. The molecule has 0 radical (unpaired) electrons. The van der Waals surface area contributed by atoms with E-state index in [1.54, 1.807) is 0 Å². The van der Waals surface area contributed by atoms with Crippen LogP contribution in [0.5, 0.6) is 0 Å². The van der Waals surface area contributed by atoms with Crippen molar-refractivity contribution in [1.29, 1.82) is 0 Å². The summed E-state index contributed by atoms with van der Waals surface area (Å²) in [5.41, 5.74) is 1.24. The van der Waals surface area contributed by atoms with Crippen molar-refractivity contribution in [3.63, 3.8) is 0 Å². The van der Waals surface area contributed by atoms with Gasteiger partial charge in [-0.05, 0) is 37.6 Å². The van der Waals surface area contributed by atoms with Crippen LogP contribution in [0.15, 0.2) is 35.3 Å². The Kier molecular flexibility index (Phi) is 5.37. The van der Waals surface area contributed by atoms with Crippen LogP contribution in [0.3, 0.4) is 0 Å². The second-order valence-corrected chi connectivity index (χ2v) is 4.66. The zero-order valence-corrected chi connectivity index (χ0v) is 11.1. The molecule has 82 valence electrons. The van der Waals surface area contributed by atoms with E-state index >= 15 is 0 Å². The van der Waals surface area contributed by atoms with Gasteiger partial charge in [0.25, 0.3) is 0 Å². The third-order valence-electron chi connectivity index (χ3n) is 2.35. The first-order valence-electron chi connectivity index (χ1n) is 4.92. The Hall–Kier alpha value is -0.310. The van der Waals surface area contributed by atoms with Gasteiger partial charge >= 0.3 is 0 Å². The van der Waals surface area contributed by atoms with Crippen LogP contribution in [0.4, 0.5) is 0 Å².